The quantitative estimate of drug-likeness (QED) is 0.660. The van der Waals surface area contributed by atoms with E-state index in [1.165, 1.54) is 4.90 Å². The van der Waals surface area contributed by atoms with E-state index in [1.807, 2.05) is 0 Å². The zero-order valence-corrected chi connectivity index (χ0v) is 11.0. The Kier molecular flexibility index (Phi) is 3.10. The minimum atomic E-state index is -0.494. The largest absolute Gasteiger partial charge is 0.447 e. The summed E-state index contributed by atoms with van der Waals surface area (Å²) in [6.45, 7) is 2.58. The van der Waals surface area contributed by atoms with E-state index in [1.54, 1.807) is 11.9 Å². The highest BCUT2D eigenvalue weighted by molar-refractivity contribution is 5.87. The molecular weight excluding hydrogens is 252 g/mol. The van der Waals surface area contributed by atoms with Gasteiger partial charge in [-0.25, -0.2) is 4.79 Å². The van der Waals surface area contributed by atoms with Gasteiger partial charge in [0.25, 0.3) is 0 Å². The van der Waals surface area contributed by atoms with E-state index < -0.39 is 17.9 Å². The molecule has 2 amide bonds. The number of likely N-dealkylation sites (tertiary alicyclic amines) is 1. The second-order valence-electron chi connectivity index (χ2n) is 5.14. The molecule has 1 unspecified atom stereocenters. The van der Waals surface area contributed by atoms with Crippen LogP contribution in [0.4, 0.5) is 4.79 Å². The molecule has 0 aromatic heterocycles. The van der Waals surface area contributed by atoms with Gasteiger partial charge in [-0.1, -0.05) is 0 Å². The van der Waals surface area contributed by atoms with Crippen molar-refractivity contribution in [2.24, 2.45) is 0 Å². The number of carbonyl (C=O) groups is 2. The fourth-order valence-electron chi connectivity index (χ4n) is 2.79. The van der Waals surface area contributed by atoms with Crippen LogP contribution in [0.2, 0.25) is 0 Å². The summed E-state index contributed by atoms with van der Waals surface area (Å²) in [6.07, 6.45) is 0.933. The van der Waals surface area contributed by atoms with Gasteiger partial charge in [0.05, 0.1) is 13.2 Å². The van der Waals surface area contributed by atoms with E-state index in [9.17, 15) is 9.59 Å². The summed E-state index contributed by atoms with van der Waals surface area (Å²) in [5, 5.41) is 0. The number of likely N-dealkylation sites (N-methyl/N-ethyl adjacent to an activating group) is 1. The lowest BCUT2D eigenvalue weighted by Crippen LogP contribution is -2.52. The van der Waals surface area contributed by atoms with E-state index in [0.717, 1.165) is 0 Å². The Labute approximate surface area is 111 Å². The molecule has 0 aliphatic carbocycles. The van der Waals surface area contributed by atoms with Crippen molar-refractivity contribution >= 4 is 12.0 Å². The van der Waals surface area contributed by atoms with Crippen molar-refractivity contribution in [2.75, 3.05) is 40.0 Å². The molecule has 3 aliphatic rings. The van der Waals surface area contributed by atoms with Gasteiger partial charge < -0.3 is 19.1 Å². The average molecular weight is 270 g/mol. The zero-order valence-electron chi connectivity index (χ0n) is 11.0. The van der Waals surface area contributed by atoms with E-state index in [2.05, 4.69) is 0 Å². The van der Waals surface area contributed by atoms with Gasteiger partial charge >= 0.3 is 6.09 Å². The maximum Gasteiger partial charge on any atom is 0.410 e. The molecule has 0 N–H and O–H groups in total. The third-order valence-corrected chi connectivity index (χ3v) is 4.06. The molecule has 7 heteroatoms. The van der Waals surface area contributed by atoms with Crippen LogP contribution in [0.5, 0.6) is 0 Å². The van der Waals surface area contributed by atoms with E-state index >= 15 is 0 Å². The Morgan fingerprint density at radius 2 is 1.89 bits per heavy atom. The van der Waals surface area contributed by atoms with Gasteiger partial charge in [0.1, 0.15) is 12.6 Å². The Morgan fingerprint density at radius 1 is 1.26 bits per heavy atom. The first-order valence-corrected chi connectivity index (χ1v) is 6.58. The number of hydrogen-bond donors (Lipinski definition) is 0. The van der Waals surface area contributed by atoms with Gasteiger partial charge in [-0.05, 0) is 0 Å². The molecule has 19 heavy (non-hydrogen) atoms. The van der Waals surface area contributed by atoms with Crippen LogP contribution < -0.4 is 0 Å². The second-order valence-corrected chi connectivity index (χ2v) is 5.14. The summed E-state index contributed by atoms with van der Waals surface area (Å²) in [6, 6.07) is -0.494. The van der Waals surface area contributed by atoms with Crippen molar-refractivity contribution in [3.63, 3.8) is 0 Å². The summed E-state index contributed by atoms with van der Waals surface area (Å²) in [5.74, 6) is -0.536. The summed E-state index contributed by atoms with van der Waals surface area (Å²) in [5.41, 5.74) is 0. The van der Waals surface area contributed by atoms with Crippen LogP contribution >= 0.6 is 0 Å². The summed E-state index contributed by atoms with van der Waals surface area (Å²) in [7, 11) is 1.59. The number of nitrogens with zero attached hydrogens (tertiary/aromatic N) is 2. The second kappa shape index (κ2) is 4.64. The lowest BCUT2D eigenvalue weighted by molar-refractivity contribution is -0.188. The molecule has 3 rings (SSSR count). The van der Waals surface area contributed by atoms with Gasteiger partial charge in [-0.3, -0.25) is 9.69 Å². The standard InChI is InChI=1S/C12H18N2O5/c1-13-9(8-17-11(13)16)10(15)14-4-2-12(3-5-14)18-6-7-19-12/h9H,2-8H2,1H3. The van der Waals surface area contributed by atoms with E-state index in [0.29, 0.717) is 39.1 Å². The third-order valence-electron chi connectivity index (χ3n) is 4.06. The fraction of sp³-hybridized carbons (Fsp3) is 0.833. The number of rotatable bonds is 1. The first-order chi connectivity index (χ1) is 9.11. The number of amides is 2. The molecule has 3 fully saturated rings. The predicted molar refractivity (Wildman–Crippen MR) is 63.3 cm³/mol. The predicted octanol–water partition coefficient (Wildman–Crippen LogP) is -0.197. The number of cyclic esters (lactones) is 1. The van der Waals surface area contributed by atoms with Crippen molar-refractivity contribution in [2.45, 2.75) is 24.7 Å². The van der Waals surface area contributed by atoms with Crippen LogP contribution in [0.15, 0.2) is 0 Å². The van der Waals surface area contributed by atoms with E-state index in [-0.39, 0.29) is 12.5 Å². The fourth-order valence-corrected chi connectivity index (χ4v) is 2.79. The molecule has 0 aromatic rings. The molecule has 0 saturated carbocycles. The van der Waals surface area contributed by atoms with Crippen LogP contribution in [0, 0.1) is 0 Å². The monoisotopic (exact) mass is 270 g/mol. The highest BCUT2D eigenvalue weighted by atomic mass is 16.7. The minimum Gasteiger partial charge on any atom is -0.447 e. The Bertz CT molecular complexity index is 384. The number of piperidine rings is 1. The van der Waals surface area contributed by atoms with Gasteiger partial charge in [0, 0.05) is 33.0 Å². The normalized spacial score (nSPS) is 29.9. The lowest BCUT2D eigenvalue weighted by atomic mass is 10.0. The van der Waals surface area contributed by atoms with Crippen molar-refractivity contribution < 1.29 is 23.8 Å². The van der Waals surface area contributed by atoms with Crippen LogP contribution in [-0.4, -0.2) is 73.6 Å². The molecule has 0 aromatic carbocycles. The molecule has 1 spiro atoms. The highest BCUT2D eigenvalue weighted by Gasteiger charge is 2.44. The van der Waals surface area contributed by atoms with Gasteiger partial charge in [-0.15, -0.1) is 0 Å². The number of ether oxygens (including phenoxy) is 3. The molecule has 7 nitrogen and oxygen atoms in total. The molecule has 106 valence electrons. The first-order valence-electron chi connectivity index (χ1n) is 6.58. The zero-order chi connectivity index (χ0) is 13.5. The van der Waals surface area contributed by atoms with Crippen molar-refractivity contribution in [1.82, 2.24) is 9.80 Å². The Hall–Kier alpha value is -1.34. The lowest BCUT2D eigenvalue weighted by Gasteiger charge is -2.38. The van der Waals surface area contributed by atoms with Crippen LogP contribution in [0.25, 0.3) is 0 Å². The molecule has 3 aliphatic heterocycles. The van der Waals surface area contributed by atoms with Gasteiger partial charge in [0.2, 0.25) is 5.91 Å². The topological polar surface area (TPSA) is 68.3 Å². The van der Waals surface area contributed by atoms with Crippen LogP contribution in [0.1, 0.15) is 12.8 Å². The van der Waals surface area contributed by atoms with Crippen molar-refractivity contribution in [3.8, 4) is 0 Å². The summed E-state index contributed by atoms with van der Waals surface area (Å²) in [4.78, 5) is 26.7. The third kappa shape index (κ3) is 2.17. The van der Waals surface area contributed by atoms with E-state index in [4.69, 9.17) is 14.2 Å². The minimum absolute atomic E-state index is 0.0544. The van der Waals surface area contributed by atoms with Crippen molar-refractivity contribution in [1.29, 1.82) is 0 Å². The molecule has 1 atom stereocenters. The maximum atomic E-state index is 12.3. The van der Waals surface area contributed by atoms with Gasteiger partial charge in [-0.2, -0.15) is 0 Å². The van der Waals surface area contributed by atoms with Crippen LogP contribution in [-0.2, 0) is 19.0 Å². The van der Waals surface area contributed by atoms with Gasteiger partial charge in [0.15, 0.2) is 5.79 Å². The van der Waals surface area contributed by atoms with Crippen molar-refractivity contribution in [3.05, 3.63) is 0 Å². The molecule has 3 saturated heterocycles. The summed E-state index contributed by atoms with van der Waals surface area (Å²) < 4.78 is 16.1. The Morgan fingerprint density at radius 3 is 2.42 bits per heavy atom. The smallest absolute Gasteiger partial charge is 0.410 e. The maximum absolute atomic E-state index is 12.3. The highest BCUT2D eigenvalue weighted by Crippen LogP contribution is 2.31. The molecular formula is C12H18N2O5. The van der Waals surface area contributed by atoms with Crippen LogP contribution in [0.3, 0.4) is 0 Å². The average Bonchev–Trinajstić information content (AvgIpc) is 2.99. The molecule has 0 radical (unpaired) electrons. The number of carbonyl (C=O) groups excluding carboxylic acids is 2. The Balaban J connectivity index is 1.59. The first kappa shape index (κ1) is 12.7. The number of hydrogen-bond acceptors (Lipinski definition) is 5. The molecule has 0 bridgehead atoms. The summed E-state index contributed by atoms with van der Waals surface area (Å²) >= 11 is 0. The molecule has 3 heterocycles. The SMILES string of the molecule is CN1C(=O)OCC1C(=O)N1CCC2(CC1)OCCO2.